The molecule has 1 aliphatic rings. The van der Waals surface area contributed by atoms with Crippen LogP contribution in [0.1, 0.15) is 39.5 Å². The Morgan fingerprint density at radius 1 is 1.53 bits per heavy atom. The molecule has 0 aromatic carbocycles. The van der Waals surface area contributed by atoms with Gasteiger partial charge in [0.15, 0.2) is 0 Å². The van der Waals surface area contributed by atoms with E-state index in [1.165, 1.54) is 6.42 Å². The smallest absolute Gasteiger partial charge is 0.225 e. The lowest BCUT2D eigenvalue weighted by atomic mass is 9.84. The van der Waals surface area contributed by atoms with Gasteiger partial charge in [0.2, 0.25) is 5.91 Å². The zero-order valence-corrected chi connectivity index (χ0v) is 9.70. The Labute approximate surface area is 92.1 Å². The molecular formula is C12H20N2O. The van der Waals surface area contributed by atoms with Crippen LogP contribution in [0, 0.1) is 23.2 Å². The first-order chi connectivity index (χ1) is 7.15. The molecule has 0 bridgehead atoms. The molecule has 0 saturated heterocycles. The van der Waals surface area contributed by atoms with E-state index in [2.05, 4.69) is 19.9 Å². The van der Waals surface area contributed by atoms with Gasteiger partial charge < -0.3 is 4.90 Å². The van der Waals surface area contributed by atoms with E-state index in [0.29, 0.717) is 18.9 Å². The van der Waals surface area contributed by atoms with Crippen molar-refractivity contribution in [3.8, 4) is 6.07 Å². The van der Waals surface area contributed by atoms with E-state index in [1.54, 1.807) is 0 Å². The highest BCUT2D eigenvalue weighted by Crippen LogP contribution is 2.28. The van der Waals surface area contributed by atoms with Gasteiger partial charge in [0.25, 0.3) is 0 Å². The van der Waals surface area contributed by atoms with Crippen LogP contribution >= 0.6 is 0 Å². The summed E-state index contributed by atoms with van der Waals surface area (Å²) < 4.78 is 0. The SMILES string of the molecule is CC(C)CN(CCC#N)C(=O)C1CCC1. The van der Waals surface area contributed by atoms with Gasteiger partial charge in [-0.15, -0.1) is 0 Å². The summed E-state index contributed by atoms with van der Waals surface area (Å²) >= 11 is 0. The summed E-state index contributed by atoms with van der Waals surface area (Å²) in [6, 6.07) is 2.11. The van der Waals surface area contributed by atoms with Gasteiger partial charge in [0.1, 0.15) is 0 Å². The Hall–Kier alpha value is -1.04. The highest BCUT2D eigenvalue weighted by atomic mass is 16.2. The van der Waals surface area contributed by atoms with E-state index in [1.807, 2.05) is 4.90 Å². The number of nitrogens with zero attached hydrogens (tertiary/aromatic N) is 2. The first-order valence-electron chi connectivity index (χ1n) is 5.81. The second-order valence-electron chi connectivity index (χ2n) is 4.71. The highest BCUT2D eigenvalue weighted by molar-refractivity contribution is 5.79. The lowest BCUT2D eigenvalue weighted by Gasteiger charge is -2.32. The van der Waals surface area contributed by atoms with Gasteiger partial charge >= 0.3 is 0 Å². The van der Waals surface area contributed by atoms with Crippen molar-refractivity contribution in [1.29, 1.82) is 5.26 Å². The molecule has 0 aliphatic heterocycles. The van der Waals surface area contributed by atoms with Gasteiger partial charge in [-0.1, -0.05) is 20.3 Å². The monoisotopic (exact) mass is 208 g/mol. The minimum absolute atomic E-state index is 0.252. The van der Waals surface area contributed by atoms with Gasteiger partial charge in [0, 0.05) is 19.0 Å². The number of nitriles is 1. The average molecular weight is 208 g/mol. The van der Waals surface area contributed by atoms with Gasteiger partial charge in [-0.05, 0) is 18.8 Å². The van der Waals surface area contributed by atoms with Crippen LogP contribution in [0.4, 0.5) is 0 Å². The summed E-state index contributed by atoms with van der Waals surface area (Å²) in [6.07, 6.45) is 3.72. The summed E-state index contributed by atoms with van der Waals surface area (Å²) in [7, 11) is 0. The molecule has 1 aliphatic carbocycles. The van der Waals surface area contributed by atoms with Crippen molar-refractivity contribution < 1.29 is 4.79 Å². The first-order valence-corrected chi connectivity index (χ1v) is 5.81. The second kappa shape index (κ2) is 5.75. The molecular weight excluding hydrogens is 188 g/mol. The third-order valence-electron chi connectivity index (χ3n) is 2.85. The molecule has 3 nitrogen and oxygen atoms in total. The van der Waals surface area contributed by atoms with Crippen LogP contribution in [-0.4, -0.2) is 23.9 Å². The van der Waals surface area contributed by atoms with Crippen LogP contribution in [0.15, 0.2) is 0 Å². The van der Waals surface area contributed by atoms with Crippen LogP contribution in [0.3, 0.4) is 0 Å². The maximum absolute atomic E-state index is 12.0. The minimum Gasteiger partial charge on any atom is -0.341 e. The highest BCUT2D eigenvalue weighted by Gasteiger charge is 2.29. The summed E-state index contributed by atoms with van der Waals surface area (Å²) in [4.78, 5) is 13.9. The quantitative estimate of drug-likeness (QED) is 0.695. The molecule has 1 saturated carbocycles. The number of hydrogen-bond donors (Lipinski definition) is 0. The molecule has 0 spiro atoms. The third kappa shape index (κ3) is 3.54. The minimum atomic E-state index is 0.252. The second-order valence-corrected chi connectivity index (χ2v) is 4.71. The van der Waals surface area contributed by atoms with Crippen molar-refractivity contribution in [3.05, 3.63) is 0 Å². The first kappa shape index (κ1) is 12.0. The van der Waals surface area contributed by atoms with E-state index < -0.39 is 0 Å². The molecule has 15 heavy (non-hydrogen) atoms. The Kier molecular flexibility index (Phi) is 4.61. The van der Waals surface area contributed by atoms with Crippen LogP contribution in [0.25, 0.3) is 0 Å². The van der Waals surface area contributed by atoms with Crippen molar-refractivity contribution in [3.63, 3.8) is 0 Å². The van der Waals surface area contributed by atoms with E-state index in [4.69, 9.17) is 5.26 Å². The lowest BCUT2D eigenvalue weighted by molar-refractivity contribution is -0.138. The van der Waals surface area contributed by atoms with Gasteiger partial charge in [-0.3, -0.25) is 4.79 Å². The van der Waals surface area contributed by atoms with Crippen LogP contribution in [-0.2, 0) is 4.79 Å². The van der Waals surface area contributed by atoms with E-state index in [9.17, 15) is 4.79 Å². The summed E-state index contributed by atoms with van der Waals surface area (Å²) in [5, 5.41) is 8.55. The van der Waals surface area contributed by atoms with E-state index in [0.717, 1.165) is 19.4 Å². The molecule has 1 rings (SSSR count). The number of carbonyl (C=O) groups excluding carboxylic acids is 1. The van der Waals surface area contributed by atoms with Gasteiger partial charge in [-0.25, -0.2) is 0 Å². The fourth-order valence-electron chi connectivity index (χ4n) is 1.83. The molecule has 0 N–H and O–H groups in total. The predicted molar refractivity (Wildman–Crippen MR) is 59.0 cm³/mol. The number of carbonyl (C=O) groups is 1. The topological polar surface area (TPSA) is 44.1 Å². The zero-order valence-electron chi connectivity index (χ0n) is 9.70. The van der Waals surface area contributed by atoms with E-state index >= 15 is 0 Å². The molecule has 84 valence electrons. The van der Waals surface area contributed by atoms with Crippen molar-refractivity contribution in [1.82, 2.24) is 4.90 Å². The molecule has 0 unspecified atom stereocenters. The maximum atomic E-state index is 12.0. The van der Waals surface area contributed by atoms with Crippen LogP contribution in [0.2, 0.25) is 0 Å². The Balaban J connectivity index is 2.46. The fraction of sp³-hybridized carbons (Fsp3) is 0.833. The molecule has 0 atom stereocenters. The van der Waals surface area contributed by atoms with Crippen molar-refractivity contribution in [2.24, 2.45) is 11.8 Å². The zero-order chi connectivity index (χ0) is 11.3. The van der Waals surface area contributed by atoms with Gasteiger partial charge in [-0.2, -0.15) is 5.26 Å². The normalized spacial score (nSPS) is 15.9. The lowest BCUT2D eigenvalue weighted by Crippen LogP contribution is -2.41. The molecule has 0 heterocycles. The Bertz CT molecular complexity index is 251. The van der Waals surface area contributed by atoms with E-state index in [-0.39, 0.29) is 11.8 Å². The summed E-state index contributed by atoms with van der Waals surface area (Å²) in [5.74, 6) is 1.00. The van der Waals surface area contributed by atoms with Crippen molar-refractivity contribution in [2.45, 2.75) is 39.5 Å². The molecule has 0 aromatic rings. The fourth-order valence-corrected chi connectivity index (χ4v) is 1.83. The standard InChI is InChI=1S/C12H20N2O/c1-10(2)9-14(8-4-7-13)12(15)11-5-3-6-11/h10-11H,3-6,8-9H2,1-2H3. The molecule has 0 radical (unpaired) electrons. The largest absolute Gasteiger partial charge is 0.341 e. The van der Waals surface area contributed by atoms with Crippen molar-refractivity contribution >= 4 is 5.91 Å². The molecule has 0 aromatic heterocycles. The van der Waals surface area contributed by atoms with Gasteiger partial charge in [0.05, 0.1) is 12.5 Å². The number of hydrogen-bond acceptors (Lipinski definition) is 2. The molecule has 1 amide bonds. The Morgan fingerprint density at radius 2 is 2.20 bits per heavy atom. The Morgan fingerprint density at radius 3 is 2.60 bits per heavy atom. The van der Waals surface area contributed by atoms with Crippen LogP contribution < -0.4 is 0 Å². The van der Waals surface area contributed by atoms with Crippen LogP contribution in [0.5, 0.6) is 0 Å². The number of rotatable bonds is 5. The predicted octanol–water partition coefficient (Wildman–Crippen LogP) is 2.18. The third-order valence-corrected chi connectivity index (χ3v) is 2.85. The summed E-state index contributed by atoms with van der Waals surface area (Å²) in [6.45, 7) is 5.60. The molecule has 1 fully saturated rings. The van der Waals surface area contributed by atoms with Crippen molar-refractivity contribution in [2.75, 3.05) is 13.1 Å². The average Bonchev–Trinajstić information content (AvgIpc) is 2.08. The molecule has 3 heteroatoms. The maximum Gasteiger partial charge on any atom is 0.225 e. The number of amides is 1. The summed E-state index contributed by atoms with van der Waals surface area (Å²) in [5.41, 5.74) is 0.